The van der Waals surface area contributed by atoms with Crippen molar-refractivity contribution in [2.75, 3.05) is 11.4 Å². The number of furan rings is 1. The van der Waals surface area contributed by atoms with Crippen LogP contribution in [0.5, 0.6) is 0 Å². The number of nitrogens with zero attached hydrogens (tertiary/aromatic N) is 1. The fourth-order valence-corrected chi connectivity index (χ4v) is 3.39. The normalized spacial score (nSPS) is 13.4. The number of rotatable bonds is 2. The van der Waals surface area contributed by atoms with Gasteiger partial charge in [-0.05, 0) is 41.6 Å². The van der Waals surface area contributed by atoms with E-state index in [-0.39, 0.29) is 5.91 Å². The van der Waals surface area contributed by atoms with Crippen LogP contribution in [0.3, 0.4) is 0 Å². The van der Waals surface area contributed by atoms with E-state index in [1.807, 2.05) is 40.6 Å². The van der Waals surface area contributed by atoms with Gasteiger partial charge in [0, 0.05) is 17.8 Å². The zero-order chi connectivity index (χ0) is 14.2. The van der Waals surface area contributed by atoms with E-state index in [1.165, 1.54) is 16.9 Å². The van der Waals surface area contributed by atoms with E-state index in [0.29, 0.717) is 0 Å². The summed E-state index contributed by atoms with van der Waals surface area (Å²) in [5.74, 6) is 0.911. The van der Waals surface area contributed by atoms with Crippen LogP contribution >= 0.6 is 11.3 Å². The number of amides is 1. The first-order valence-electron chi connectivity index (χ1n) is 6.85. The van der Waals surface area contributed by atoms with Gasteiger partial charge in [0.1, 0.15) is 5.76 Å². The fourth-order valence-electron chi connectivity index (χ4n) is 2.72. The molecule has 1 aliphatic heterocycles. The van der Waals surface area contributed by atoms with Crippen LogP contribution in [0.25, 0.3) is 11.3 Å². The summed E-state index contributed by atoms with van der Waals surface area (Å²) in [6.07, 6.45) is 2.57. The van der Waals surface area contributed by atoms with Crippen LogP contribution in [0.2, 0.25) is 0 Å². The zero-order valence-electron chi connectivity index (χ0n) is 11.3. The van der Waals surface area contributed by atoms with Gasteiger partial charge in [-0.15, -0.1) is 11.3 Å². The standard InChI is InChI=1S/C17H13NO2S/c19-17(16-4-2-10-21-16)18-8-7-12-5-6-13(11-14(12)18)15-3-1-9-20-15/h1-6,9-11H,7-8H2. The molecule has 0 spiro atoms. The van der Waals surface area contributed by atoms with Gasteiger partial charge in [0.25, 0.3) is 5.91 Å². The molecule has 1 aromatic carbocycles. The van der Waals surface area contributed by atoms with Crippen molar-refractivity contribution in [1.82, 2.24) is 0 Å². The number of carbonyl (C=O) groups is 1. The van der Waals surface area contributed by atoms with Crippen LogP contribution in [0.1, 0.15) is 15.2 Å². The maximum atomic E-state index is 12.6. The number of carbonyl (C=O) groups excluding carboxylic acids is 1. The maximum Gasteiger partial charge on any atom is 0.268 e. The first-order valence-corrected chi connectivity index (χ1v) is 7.73. The average molecular weight is 295 g/mol. The minimum Gasteiger partial charge on any atom is -0.464 e. The summed E-state index contributed by atoms with van der Waals surface area (Å²) in [5, 5.41) is 1.93. The van der Waals surface area contributed by atoms with Crippen molar-refractivity contribution < 1.29 is 9.21 Å². The molecule has 0 saturated carbocycles. The molecule has 104 valence electrons. The Morgan fingerprint density at radius 2 is 2.14 bits per heavy atom. The third-order valence-electron chi connectivity index (χ3n) is 3.76. The van der Waals surface area contributed by atoms with Gasteiger partial charge in [-0.25, -0.2) is 0 Å². The molecule has 3 nitrogen and oxygen atoms in total. The molecule has 0 N–H and O–H groups in total. The Morgan fingerprint density at radius 1 is 1.19 bits per heavy atom. The van der Waals surface area contributed by atoms with Crippen LogP contribution < -0.4 is 4.90 Å². The molecule has 1 amide bonds. The summed E-state index contributed by atoms with van der Waals surface area (Å²) in [4.78, 5) is 15.2. The third kappa shape index (κ3) is 2.08. The van der Waals surface area contributed by atoms with Crippen molar-refractivity contribution >= 4 is 22.9 Å². The van der Waals surface area contributed by atoms with Crippen molar-refractivity contribution in [2.24, 2.45) is 0 Å². The molecule has 0 fully saturated rings. The first kappa shape index (κ1) is 12.4. The van der Waals surface area contributed by atoms with Crippen LogP contribution in [0, 0.1) is 0 Å². The molecule has 0 unspecified atom stereocenters. The van der Waals surface area contributed by atoms with Gasteiger partial charge in [-0.2, -0.15) is 0 Å². The topological polar surface area (TPSA) is 33.5 Å². The summed E-state index contributed by atoms with van der Waals surface area (Å²) in [6.45, 7) is 0.744. The molecule has 2 aromatic heterocycles. The molecule has 4 rings (SSSR count). The summed E-state index contributed by atoms with van der Waals surface area (Å²) in [5.41, 5.74) is 3.22. The highest BCUT2D eigenvalue weighted by Gasteiger charge is 2.26. The average Bonchev–Trinajstić information content (AvgIpc) is 3.25. The lowest BCUT2D eigenvalue weighted by molar-refractivity contribution is 0.0993. The lowest BCUT2D eigenvalue weighted by atomic mass is 10.1. The van der Waals surface area contributed by atoms with E-state index < -0.39 is 0 Å². The van der Waals surface area contributed by atoms with Gasteiger partial charge < -0.3 is 9.32 Å². The van der Waals surface area contributed by atoms with Crippen LogP contribution in [0.15, 0.2) is 58.5 Å². The number of benzene rings is 1. The summed E-state index contributed by atoms with van der Waals surface area (Å²) < 4.78 is 5.45. The van der Waals surface area contributed by atoms with Crippen LogP contribution in [-0.2, 0) is 6.42 Å². The Bertz CT molecular complexity index is 775. The second kappa shape index (κ2) is 4.90. The Kier molecular flexibility index (Phi) is 2.89. The van der Waals surface area contributed by atoms with E-state index in [1.54, 1.807) is 6.26 Å². The van der Waals surface area contributed by atoms with E-state index >= 15 is 0 Å². The highest BCUT2D eigenvalue weighted by Crippen LogP contribution is 2.34. The first-order chi connectivity index (χ1) is 10.3. The quantitative estimate of drug-likeness (QED) is 0.709. The molecule has 3 heterocycles. The van der Waals surface area contributed by atoms with Crippen LogP contribution in [0.4, 0.5) is 5.69 Å². The fraction of sp³-hybridized carbons (Fsp3) is 0.118. The van der Waals surface area contributed by atoms with E-state index in [4.69, 9.17) is 4.42 Å². The van der Waals surface area contributed by atoms with Crippen molar-refractivity contribution in [3.05, 3.63) is 64.5 Å². The van der Waals surface area contributed by atoms with Crippen molar-refractivity contribution in [2.45, 2.75) is 6.42 Å². The van der Waals surface area contributed by atoms with E-state index in [9.17, 15) is 4.79 Å². The molecule has 0 aliphatic carbocycles. The Morgan fingerprint density at radius 3 is 2.90 bits per heavy atom. The summed E-state index contributed by atoms with van der Waals surface area (Å²) in [6, 6.07) is 13.8. The van der Waals surface area contributed by atoms with Gasteiger partial charge >= 0.3 is 0 Å². The molecule has 0 radical (unpaired) electrons. The largest absolute Gasteiger partial charge is 0.464 e. The SMILES string of the molecule is O=C(c1cccs1)N1CCc2ccc(-c3ccco3)cc21. The molecule has 0 saturated heterocycles. The van der Waals surface area contributed by atoms with Gasteiger partial charge in [0.2, 0.25) is 0 Å². The van der Waals surface area contributed by atoms with Crippen molar-refractivity contribution in [3.8, 4) is 11.3 Å². The predicted octanol–water partition coefficient (Wildman–Crippen LogP) is 4.21. The predicted molar refractivity (Wildman–Crippen MR) is 83.8 cm³/mol. The molecule has 3 aromatic rings. The number of hydrogen-bond donors (Lipinski definition) is 0. The van der Waals surface area contributed by atoms with E-state index in [0.717, 1.165) is 34.9 Å². The minimum atomic E-state index is 0.0837. The number of hydrogen-bond acceptors (Lipinski definition) is 3. The van der Waals surface area contributed by atoms with E-state index in [2.05, 4.69) is 12.1 Å². The summed E-state index contributed by atoms with van der Waals surface area (Å²) in [7, 11) is 0. The number of anilines is 1. The zero-order valence-corrected chi connectivity index (χ0v) is 12.1. The Hall–Kier alpha value is -2.33. The minimum absolute atomic E-state index is 0.0837. The lowest BCUT2D eigenvalue weighted by Crippen LogP contribution is -2.28. The Labute approximate surface area is 126 Å². The third-order valence-corrected chi connectivity index (χ3v) is 4.62. The van der Waals surface area contributed by atoms with Gasteiger partial charge in [0.05, 0.1) is 11.1 Å². The summed E-state index contributed by atoms with van der Waals surface area (Å²) >= 11 is 1.48. The molecule has 0 atom stereocenters. The molecule has 1 aliphatic rings. The Balaban J connectivity index is 1.73. The molecular weight excluding hydrogens is 282 g/mol. The van der Waals surface area contributed by atoms with Gasteiger partial charge in [-0.1, -0.05) is 18.2 Å². The smallest absolute Gasteiger partial charge is 0.268 e. The monoisotopic (exact) mass is 295 g/mol. The molecule has 0 bridgehead atoms. The van der Waals surface area contributed by atoms with Crippen LogP contribution in [-0.4, -0.2) is 12.5 Å². The second-order valence-corrected chi connectivity index (χ2v) is 5.95. The molecule has 21 heavy (non-hydrogen) atoms. The van der Waals surface area contributed by atoms with Gasteiger partial charge in [0.15, 0.2) is 0 Å². The number of fused-ring (bicyclic) bond motifs is 1. The molecular formula is C17H13NO2S. The highest BCUT2D eigenvalue weighted by atomic mass is 32.1. The molecule has 4 heteroatoms. The second-order valence-electron chi connectivity index (χ2n) is 5.00. The van der Waals surface area contributed by atoms with Crippen molar-refractivity contribution in [1.29, 1.82) is 0 Å². The maximum absolute atomic E-state index is 12.6. The lowest BCUT2D eigenvalue weighted by Gasteiger charge is -2.17. The number of thiophene rings is 1. The highest BCUT2D eigenvalue weighted by molar-refractivity contribution is 7.12. The van der Waals surface area contributed by atoms with Crippen molar-refractivity contribution in [3.63, 3.8) is 0 Å². The van der Waals surface area contributed by atoms with Gasteiger partial charge in [-0.3, -0.25) is 4.79 Å².